The van der Waals surface area contributed by atoms with Crippen LogP contribution in [0.1, 0.15) is 12.8 Å². The number of nitrogens with zero attached hydrogens (tertiary/aromatic N) is 1. The maximum atomic E-state index is 8.89. The summed E-state index contributed by atoms with van der Waals surface area (Å²) in [6, 6.07) is 0.964. The molecule has 4 heteroatoms. The quantitative estimate of drug-likeness (QED) is 0.415. The molecule has 0 amide bonds. The van der Waals surface area contributed by atoms with E-state index < -0.39 is 6.41 Å². The van der Waals surface area contributed by atoms with Crippen molar-refractivity contribution in [3.63, 3.8) is 0 Å². The molecule has 2 fully saturated rings. The van der Waals surface area contributed by atoms with Gasteiger partial charge in [0.15, 0.2) is 0 Å². The molecule has 2 unspecified atom stereocenters. The second kappa shape index (κ2) is 2.71. The summed E-state index contributed by atoms with van der Waals surface area (Å²) in [5.41, 5.74) is 0. The maximum absolute atomic E-state index is 8.89. The number of hydrogen-bond donors (Lipinski definition) is 3. The highest BCUT2D eigenvalue weighted by atomic mass is 16.5. The van der Waals surface area contributed by atoms with Gasteiger partial charge in [-0.3, -0.25) is 4.90 Å². The first-order valence-electron chi connectivity index (χ1n) is 4.12. The van der Waals surface area contributed by atoms with E-state index in [0.717, 1.165) is 13.1 Å². The van der Waals surface area contributed by atoms with Crippen LogP contribution >= 0.6 is 0 Å². The number of nitrogens with one attached hydrogen (secondary N) is 1. The summed E-state index contributed by atoms with van der Waals surface area (Å²) in [5, 5.41) is 21.2. The second-order valence-electron chi connectivity index (χ2n) is 3.44. The normalized spacial score (nSPS) is 38.5. The fourth-order valence-corrected chi connectivity index (χ4v) is 2.02. The zero-order valence-corrected chi connectivity index (χ0v) is 6.40. The van der Waals surface area contributed by atoms with E-state index in [4.69, 9.17) is 10.2 Å². The zero-order valence-electron chi connectivity index (χ0n) is 6.40. The molecule has 11 heavy (non-hydrogen) atoms. The minimum absolute atomic E-state index is 0.482. The molecule has 0 radical (unpaired) electrons. The molecule has 2 aliphatic rings. The zero-order chi connectivity index (χ0) is 7.84. The van der Waals surface area contributed by atoms with Crippen molar-refractivity contribution in [2.75, 3.05) is 13.1 Å². The topological polar surface area (TPSA) is 55.7 Å². The predicted molar refractivity (Wildman–Crippen MR) is 39.7 cm³/mol. The molecule has 2 saturated heterocycles. The molecule has 0 aromatic heterocycles. The van der Waals surface area contributed by atoms with E-state index in [1.54, 1.807) is 4.90 Å². The number of hydrogen-bond acceptors (Lipinski definition) is 4. The van der Waals surface area contributed by atoms with Crippen molar-refractivity contribution in [3.8, 4) is 0 Å². The van der Waals surface area contributed by atoms with Gasteiger partial charge in [-0.15, -0.1) is 0 Å². The lowest BCUT2D eigenvalue weighted by Gasteiger charge is -2.33. The number of aliphatic hydroxyl groups excluding tert-OH is 1. The van der Waals surface area contributed by atoms with Gasteiger partial charge < -0.3 is 15.5 Å². The minimum Gasteiger partial charge on any atom is -0.356 e. The van der Waals surface area contributed by atoms with Gasteiger partial charge >= 0.3 is 0 Å². The Kier molecular flexibility index (Phi) is 1.85. The van der Waals surface area contributed by atoms with Gasteiger partial charge in [-0.2, -0.15) is 0 Å². The van der Waals surface area contributed by atoms with E-state index in [9.17, 15) is 0 Å². The van der Waals surface area contributed by atoms with Gasteiger partial charge in [-0.1, -0.05) is 0 Å². The SMILES string of the molecule is OC(O)N1CC2CCC(C1)N2. The van der Waals surface area contributed by atoms with Crippen molar-refractivity contribution in [2.24, 2.45) is 0 Å². The van der Waals surface area contributed by atoms with Gasteiger partial charge in [-0.05, 0) is 12.8 Å². The molecular formula is C7H14N2O2. The van der Waals surface area contributed by atoms with Crippen molar-refractivity contribution in [1.29, 1.82) is 0 Å². The number of piperazine rings is 1. The van der Waals surface area contributed by atoms with Crippen LogP contribution in [0.3, 0.4) is 0 Å². The molecule has 2 bridgehead atoms. The Morgan fingerprint density at radius 1 is 1.18 bits per heavy atom. The van der Waals surface area contributed by atoms with E-state index in [-0.39, 0.29) is 0 Å². The van der Waals surface area contributed by atoms with Crippen LogP contribution in [-0.4, -0.2) is 46.7 Å². The third kappa shape index (κ3) is 1.39. The number of fused-ring (bicyclic) bond motifs is 2. The van der Waals surface area contributed by atoms with Crippen LogP contribution in [0.5, 0.6) is 0 Å². The highest BCUT2D eigenvalue weighted by molar-refractivity contribution is 4.92. The molecule has 3 N–H and O–H groups in total. The molecule has 0 aromatic rings. The van der Waals surface area contributed by atoms with Crippen LogP contribution in [-0.2, 0) is 0 Å². The minimum atomic E-state index is -1.26. The fourth-order valence-electron chi connectivity index (χ4n) is 2.02. The smallest absolute Gasteiger partial charge is 0.213 e. The molecule has 0 aliphatic carbocycles. The van der Waals surface area contributed by atoms with Crippen LogP contribution in [0.4, 0.5) is 0 Å². The van der Waals surface area contributed by atoms with Crippen LogP contribution < -0.4 is 5.32 Å². The standard InChI is InChI=1S/C7H14N2O2/c10-7(11)9-3-5-1-2-6(4-9)8-5/h5-8,10-11H,1-4H2. The lowest BCUT2D eigenvalue weighted by Crippen LogP contribution is -2.54. The summed E-state index contributed by atoms with van der Waals surface area (Å²) in [6.45, 7) is 1.54. The predicted octanol–water partition coefficient (Wildman–Crippen LogP) is -1.31. The molecule has 0 spiro atoms. The van der Waals surface area contributed by atoms with Gasteiger partial charge in [-0.25, -0.2) is 0 Å². The van der Waals surface area contributed by atoms with Gasteiger partial charge in [0.2, 0.25) is 6.41 Å². The van der Waals surface area contributed by atoms with Gasteiger partial charge in [0.1, 0.15) is 0 Å². The Balaban J connectivity index is 1.97. The molecule has 2 atom stereocenters. The lowest BCUT2D eigenvalue weighted by atomic mass is 10.2. The fraction of sp³-hybridized carbons (Fsp3) is 1.00. The third-order valence-electron chi connectivity index (χ3n) is 2.57. The summed E-state index contributed by atoms with van der Waals surface area (Å²) >= 11 is 0. The lowest BCUT2D eigenvalue weighted by molar-refractivity contribution is -0.162. The number of likely N-dealkylation sites (tertiary alicyclic amines) is 1. The van der Waals surface area contributed by atoms with Crippen molar-refractivity contribution in [2.45, 2.75) is 31.3 Å². The summed E-state index contributed by atoms with van der Waals surface area (Å²) in [5.74, 6) is 0. The van der Waals surface area contributed by atoms with Crippen molar-refractivity contribution < 1.29 is 10.2 Å². The van der Waals surface area contributed by atoms with E-state index in [1.807, 2.05) is 0 Å². The number of aliphatic hydroxyl groups is 2. The Labute approximate surface area is 65.8 Å². The molecular weight excluding hydrogens is 144 g/mol. The van der Waals surface area contributed by atoms with Crippen LogP contribution in [0, 0.1) is 0 Å². The van der Waals surface area contributed by atoms with Gasteiger partial charge in [0, 0.05) is 25.2 Å². The Morgan fingerprint density at radius 2 is 1.73 bits per heavy atom. The molecule has 0 aromatic carbocycles. The van der Waals surface area contributed by atoms with Crippen molar-refractivity contribution in [1.82, 2.24) is 10.2 Å². The Hall–Kier alpha value is -0.160. The molecule has 2 rings (SSSR count). The summed E-state index contributed by atoms with van der Waals surface area (Å²) < 4.78 is 0. The van der Waals surface area contributed by atoms with Crippen LogP contribution in [0.15, 0.2) is 0 Å². The van der Waals surface area contributed by atoms with E-state index in [2.05, 4.69) is 5.32 Å². The van der Waals surface area contributed by atoms with E-state index in [1.165, 1.54) is 12.8 Å². The average Bonchev–Trinajstić information content (AvgIpc) is 2.30. The van der Waals surface area contributed by atoms with Crippen molar-refractivity contribution in [3.05, 3.63) is 0 Å². The van der Waals surface area contributed by atoms with E-state index in [0.29, 0.717) is 12.1 Å². The second-order valence-corrected chi connectivity index (χ2v) is 3.44. The van der Waals surface area contributed by atoms with Gasteiger partial charge in [0.05, 0.1) is 0 Å². The van der Waals surface area contributed by atoms with Crippen molar-refractivity contribution >= 4 is 0 Å². The third-order valence-corrected chi connectivity index (χ3v) is 2.57. The molecule has 64 valence electrons. The molecule has 0 saturated carbocycles. The molecule has 2 heterocycles. The number of rotatable bonds is 1. The largest absolute Gasteiger partial charge is 0.356 e. The highest BCUT2D eigenvalue weighted by Crippen LogP contribution is 2.20. The summed E-state index contributed by atoms with van der Waals surface area (Å²) in [7, 11) is 0. The van der Waals surface area contributed by atoms with Crippen LogP contribution in [0.2, 0.25) is 0 Å². The first kappa shape index (κ1) is 7.49. The summed E-state index contributed by atoms with van der Waals surface area (Å²) in [4.78, 5) is 1.71. The monoisotopic (exact) mass is 158 g/mol. The highest BCUT2D eigenvalue weighted by Gasteiger charge is 2.33. The molecule has 4 nitrogen and oxygen atoms in total. The Morgan fingerprint density at radius 3 is 2.18 bits per heavy atom. The van der Waals surface area contributed by atoms with Gasteiger partial charge in [0.25, 0.3) is 0 Å². The molecule has 2 aliphatic heterocycles. The van der Waals surface area contributed by atoms with E-state index >= 15 is 0 Å². The van der Waals surface area contributed by atoms with Crippen LogP contribution in [0.25, 0.3) is 0 Å². The Bertz CT molecular complexity index is 139. The first-order valence-corrected chi connectivity index (χ1v) is 4.12. The summed E-state index contributed by atoms with van der Waals surface area (Å²) in [6.07, 6.45) is 1.09. The average molecular weight is 158 g/mol. The first-order chi connectivity index (χ1) is 5.25. The maximum Gasteiger partial charge on any atom is 0.213 e.